The normalized spacial score (nSPS) is 11.6. The summed E-state index contributed by atoms with van der Waals surface area (Å²) in [6.45, 7) is 8.47. The molecule has 0 bridgehead atoms. The minimum absolute atomic E-state index is 0.139. The van der Waals surface area contributed by atoms with Crippen molar-refractivity contribution in [2.75, 3.05) is 6.54 Å². The molecule has 2 aromatic heterocycles. The van der Waals surface area contributed by atoms with Gasteiger partial charge in [-0.15, -0.1) is 10.2 Å². The summed E-state index contributed by atoms with van der Waals surface area (Å²) < 4.78 is 7.61. The van der Waals surface area contributed by atoms with E-state index < -0.39 is 0 Å². The lowest BCUT2D eigenvalue weighted by atomic mass is 9.97. The zero-order valence-corrected chi connectivity index (χ0v) is 22.7. The third-order valence-electron chi connectivity index (χ3n) is 5.45. The van der Waals surface area contributed by atoms with Crippen LogP contribution >= 0.6 is 34.8 Å². The zero-order valence-electron chi connectivity index (χ0n) is 20.4. The largest absolute Gasteiger partial charge is 0.419 e. The minimum atomic E-state index is -0.379. The van der Waals surface area contributed by atoms with Gasteiger partial charge in [0.05, 0.1) is 22.0 Å². The van der Waals surface area contributed by atoms with Gasteiger partial charge in [-0.25, -0.2) is 4.68 Å². The summed E-state index contributed by atoms with van der Waals surface area (Å²) in [4.78, 5) is 13.6. The van der Waals surface area contributed by atoms with Gasteiger partial charge in [-0.2, -0.15) is 5.10 Å². The number of nitrogens with one attached hydrogen (secondary N) is 1. The number of nitrogens with zero attached hydrogens (tertiary/aromatic N) is 4. The molecule has 36 heavy (non-hydrogen) atoms. The van der Waals surface area contributed by atoms with Crippen LogP contribution in [0.1, 0.15) is 56.8 Å². The highest BCUT2D eigenvalue weighted by molar-refractivity contribution is 6.35. The lowest BCUT2D eigenvalue weighted by molar-refractivity contribution is 0.0954. The van der Waals surface area contributed by atoms with Gasteiger partial charge in [-0.3, -0.25) is 4.79 Å². The van der Waals surface area contributed by atoms with E-state index in [2.05, 4.69) is 22.4 Å². The second kappa shape index (κ2) is 10.6. The molecule has 0 aliphatic heterocycles. The number of hydrogen-bond acceptors (Lipinski definition) is 5. The van der Waals surface area contributed by atoms with E-state index in [1.165, 1.54) is 0 Å². The Balaban J connectivity index is 2.01. The van der Waals surface area contributed by atoms with Gasteiger partial charge in [0.25, 0.3) is 11.8 Å². The molecule has 4 aromatic rings. The zero-order chi connectivity index (χ0) is 26.0. The summed E-state index contributed by atoms with van der Waals surface area (Å²) in [6.07, 6.45) is 1.78. The molecule has 0 saturated carbocycles. The highest BCUT2D eigenvalue weighted by Crippen LogP contribution is 2.37. The molecule has 1 amide bonds. The topological polar surface area (TPSA) is 85.8 Å². The Labute approximate surface area is 224 Å². The molecule has 0 spiro atoms. The summed E-state index contributed by atoms with van der Waals surface area (Å²) in [5, 5.41) is 17.6. The molecular weight excluding hydrogens is 521 g/mol. The van der Waals surface area contributed by atoms with Crippen molar-refractivity contribution >= 4 is 40.7 Å². The second-order valence-corrected chi connectivity index (χ2v) is 10.6. The Kier molecular flexibility index (Phi) is 7.73. The van der Waals surface area contributed by atoms with Crippen LogP contribution in [0, 0.1) is 0 Å². The smallest absolute Gasteiger partial charge is 0.269 e. The molecule has 2 aromatic carbocycles. The summed E-state index contributed by atoms with van der Waals surface area (Å²) in [6, 6.07) is 12.2. The van der Waals surface area contributed by atoms with Crippen molar-refractivity contribution in [1.82, 2.24) is 25.3 Å². The van der Waals surface area contributed by atoms with Crippen LogP contribution in [0.5, 0.6) is 0 Å². The molecule has 0 fully saturated rings. The van der Waals surface area contributed by atoms with E-state index in [4.69, 9.17) is 44.3 Å². The average molecular weight is 547 g/mol. The molecule has 4 rings (SSSR count). The quantitative estimate of drug-likeness (QED) is 0.244. The Morgan fingerprint density at radius 2 is 1.72 bits per heavy atom. The number of amides is 1. The molecular formula is C26H26Cl3N5O2. The van der Waals surface area contributed by atoms with Crippen molar-refractivity contribution < 1.29 is 9.21 Å². The van der Waals surface area contributed by atoms with Crippen LogP contribution in [0.25, 0.3) is 28.5 Å². The van der Waals surface area contributed by atoms with Gasteiger partial charge < -0.3 is 9.73 Å². The van der Waals surface area contributed by atoms with Gasteiger partial charge in [0.2, 0.25) is 5.89 Å². The van der Waals surface area contributed by atoms with Crippen molar-refractivity contribution in [2.45, 2.75) is 46.0 Å². The van der Waals surface area contributed by atoms with Crippen LogP contribution in [0.4, 0.5) is 0 Å². The molecule has 0 unspecified atom stereocenters. The van der Waals surface area contributed by atoms with E-state index in [-0.39, 0.29) is 22.9 Å². The standard InChI is InChI=1S/C26H26Cl3N5O2/c1-5-6-13-30-23(35)20-21(24-31-32-25(36-24)26(2,3)4)33-34(19-12-11-17(28)14-18(19)29)22(20)15-7-9-16(27)10-8-15/h7-12,14H,5-6,13H2,1-4H3,(H,30,35). The Morgan fingerprint density at radius 3 is 2.33 bits per heavy atom. The first-order valence-corrected chi connectivity index (χ1v) is 12.7. The summed E-state index contributed by atoms with van der Waals surface area (Å²) in [5.74, 6) is 0.261. The molecule has 0 aliphatic carbocycles. The molecule has 188 valence electrons. The predicted octanol–water partition coefficient (Wildman–Crippen LogP) is 7.38. The van der Waals surface area contributed by atoms with Crippen molar-refractivity contribution in [1.29, 1.82) is 0 Å². The summed E-state index contributed by atoms with van der Waals surface area (Å²) in [7, 11) is 0. The van der Waals surface area contributed by atoms with E-state index in [1.54, 1.807) is 35.0 Å². The molecule has 7 nitrogen and oxygen atoms in total. The number of benzene rings is 2. The van der Waals surface area contributed by atoms with Crippen molar-refractivity contribution in [3.63, 3.8) is 0 Å². The molecule has 0 saturated heterocycles. The first-order chi connectivity index (χ1) is 17.1. The van der Waals surface area contributed by atoms with Crippen molar-refractivity contribution in [2.24, 2.45) is 0 Å². The van der Waals surface area contributed by atoms with Gasteiger partial charge >= 0.3 is 0 Å². The average Bonchev–Trinajstić information content (AvgIpc) is 3.45. The number of halogens is 3. The number of carbonyl (C=O) groups excluding carboxylic acids is 1. The molecule has 10 heteroatoms. The van der Waals surface area contributed by atoms with Gasteiger partial charge in [0, 0.05) is 27.6 Å². The van der Waals surface area contributed by atoms with Crippen molar-refractivity contribution in [3.8, 4) is 28.5 Å². The SMILES string of the molecule is CCCCNC(=O)c1c(-c2nnc(C(C)(C)C)o2)nn(-c2ccc(Cl)cc2Cl)c1-c1ccc(Cl)cc1. The maximum atomic E-state index is 13.6. The van der Waals surface area contributed by atoms with Crippen LogP contribution in [-0.4, -0.2) is 32.4 Å². The van der Waals surface area contributed by atoms with E-state index >= 15 is 0 Å². The van der Waals surface area contributed by atoms with Crippen LogP contribution in [0.3, 0.4) is 0 Å². The van der Waals surface area contributed by atoms with Gasteiger partial charge in [-0.05, 0) is 36.8 Å². The molecule has 0 radical (unpaired) electrons. The maximum absolute atomic E-state index is 13.6. The fourth-order valence-electron chi connectivity index (χ4n) is 3.57. The van der Waals surface area contributed by atoms with E-state index in [9.17, 15) is 4.79 Å². The predicted molar refractivity (Wildman–Crippen MR) is 143 cm³/mol. The minimum Gasteiger partial charge on any atom is -0.419 e. The highest BCUT2D eigenvalue weighted by atomic mass is 35.5. The number of rotatable bonds is 7. The molecule has 0 aliphatic rings. The van der Waals surface area contributed by atoms with Gasteiger partial charge in [0.1, 0.15) is 0 Å². The van der Waals surface area contributed by atoms with Crippen LogP contribution in [-0.2, 0) is 5.41 Å². The number of carbonyl (C=O) groups is 1. The van der Waals surface area contributed by atoms with E-state index in [0.29, 0.717) is 50.0 Å². The Bertz CT molecular complexity index is 1390. The third kappa shape index (κ3) is 5.43. The molecule has 0 atom stereocenters. The van der Waals surface area contributed by atoms with Crippen LogP contribution in [0.15, 0.2) is 46.9 Å². The second-order valence-electron chi connectivity index (χ2n) is 9.36. The molecule has 1 N–H and O–H groups in total. The van der Waals surface area contributed by atoms with E-state index in [0.717, 1.165) is 12.8 Å². The van der Waals surface area contributed by atoms with Crippen molar-refractivity contribution in [3.05, 3.63) is 69.0 Å². The summed E-state index contributed by atoms with van der Waals surface area (Å²) in [5.41, 5.74) is 1.92. The number of hydrogen-bond donors (Lipinski definition) is 1. The van der Waals surface area contributed by atoms with E-state index in [1.807, 2.05) is 32.9 Å². The Morgan fingerprint density at radius 1 is 1.03 bits per heavy atom. The first kappa shape index (κ1) is 26.2. The lowest BCUT2D eigenvalue weighted by Crippen LogP contribution is -2.25. The van der Waals surface area contributed by atoms with Crippen LogP contribution in [0.2, 0.25) is 15.1 Å². The highest BCUT2D eigenvalue weighted by Gasteiger charge is 2.31. The molecule has 2 heterocycles. The van der Waals surface area contributed by atoms with Crippen LogP contribution < -0.4 is 5.32 Å². The first-order valence-electron chi connectivity index (χ1n) is 11.6. The number of unbranched alkanes of at least 4 members (excludes halogenated alkanes) is 1. The number of aromatic nitrogens is 4. The summed E-state index contributed by atoms with van der Waals surface area (Å²) >= 11 is 18.9. The maximum Gasteiger partial charge on any atom is 0.269 e. The van der Waals surface area contributed by atoms with Gasteiger partial charge in [0.15, 0.2) is 5.69 Å². The fraction of sp³-hybridized carbons (Fsp3) is 0.308. The fourth-order valence-corrected chi connectivity index (χ4v) is 4.19. The third-order valence-corrected chi connectivity index (χ3v) is 6.24. The Hall–Kier alpha value is -2.87. The monoisotopic (exact) mass is 545 g/mol. The van der Waals surface area contributed by atoms with Gasteiger partial charge in [-0.1, -0.05) is 81.1 Å². The lowest BCUT2D eigenvalue weighted by Gasteiger charge is -2.12.